The van der Waals surface area contributed by atoms with E-state index in [0.717, 1.165) is 69.2 Å². The van der Waals surface area contributed by atoms with E-state index < -0.39 is 0 Å². The number of nitrogens with one attached hydrogen (secondary N) is 1. The summed E-state index contributed by atoms with van der Waals surface area (Å²) in [6, 6.07) is 8.45. The Hall–Kier alpha value is -2.99. The number of carbonyl (C=O) groups is 2. The lowest BCUT2D eigenvalue weighted by atomic mass is 9.88. The number of H-pyrrole nitrogens is 1. The second kappa shape index (κ2) is 10.3. The Bertz CT molecular complexity index is 1200. The molecule has 3 aliphatic rings. The molecule has 1 aliphatic carbocycles. The molecule has 184 valence electrons. The molecular weight excluding hydrogens is 441 g/mol. The molecule has 0 radical (unpaired) electrons. The third kappa shape index (κ3) is 5.32. The molecule has 2 aromatic rings. The van der Waals surface area contributed by atoms with Crippen LogP contribution in [0.2, 0.25) is 0 Å². The summed E-state index contributed by atoms with van der Waals surface area (Å²) in [4.78, 5) is 34.0. The molecule has 35 heavy (non-hydrogen) atoms. The first kappa shape index (κ1) is 23.7. The van der Waals surface area contributed by atoms with Gasteiger partial charge in [-0.15, -0.1) is 0 Å². The highest BCUT2D eigenvalue weighted by atomic mass is 19.1. The van der Waals surface area contributed by atoms with E-state index in [1.165, 1.54) is 11.6 Å². The number of halogens is 1. The van der Waals surface area contributed by atoms with Gasteiger partial charge < -0.3 is 14.8 Å². The van der Waals surface area contributed by atoms with E-state index in [4.69, 9.17) is 0 Å². The van der Waals surface area contributed by atoms with Crippen LogP contribution in [0.5, 0.6) is 0 Å². The summed E-state index contributed by atoms with van der Waals surface area (Å²) < 4.78 is 13.4. The van der Waals surface area contributed by atoms with Gasteiger partial charge in [-0.2, -0.15) is 0 Å². The molecule has 2 aliphatic heterocycles. The number of allylic oxidation sites excluding steroid dienone is 6. The molecule has 2 fully saturated rings. The van der Waals surface area contributed by atoms with E-state index in [9.17, 15) is 14.0 Å². The van der Waals surface area contributed by atoms with Crippen molar-refractivity contribution in [2.75, 3.05) is 26.2 Å². The average Bonchev–Trinajstić information content (AvgIpc) is 3.45. The number of Topliss-reactive ketones (excluding diaryl/α,β-unsaturated/α-hetero) is 1. The highest BCUT2D eigenvalue weighted by Gasteiger charge is 2.32. The van der Waals surface area contributed by atoms with Gasteiger partial charge in [0.25, 0.3) is 5.91 Å². The Kier molecular flexibility index (Phi) is 7.00. The van der Waals surface area contributed by atoms with Gasteiger partial charge in [-0.05, 0) is 82.0 Å². The van der Waals surface area contributed by atoms with Gasteiger partial charge in [0.1, 0.15) is 11.5 Å². The second-order valence-electron chi connectivity index (χ2n) is 10.2. The van der Waals surface area contributed by atoms with E-state index in [1.807, 2.05) is 11.0 Å². The molecule has 1 amide bonds. The third-order valence-corrected chi connectivity index (χ3v) is 7.72. The van der Waals surface area contributed by atoms with E-state index in [0.29, 0.717) is 11.3 Å². The number of aromatic amines is 1. The largest absolute Gasteiger partial charge is 0.351 e. The topological polar surface area (TPSA) is 56.4 Å². The standard InChI is InChI=1S/C29H34FN3O2/c1-20-7-8-23-19-27(31-26(23)18-20)29(35)33-14-3-6-25(33)13-17-32-15-11-22(12-16-32)28(34)21-4-2-5-24(30)10-9-21/h2,4,7-10,18-19,22,25,31H,3,5-6,11-17H2,1H3. The number of aromatic nitrogens is 1. The molecule has 1 N–H and O–H groups in total. The summed E-state index contributed by atoms with van der Waals surface area (Å²) in [6.07, 6.45) is 11.5. The normalized spacial score (nSPS) is 21.8. The smallest absolute Gasteiger partial charge is 0.270 e. The third-order valence-electron chi connectivity index (χ3n) is 7.72. The van der Waals surface area contributed by atoms with Crippen molar-refractivity contribution in [2.45, 2.75) is 51.5 Å². The molecule has 0 bridgehead atoms. The molecule has 5 rings (SSSR count). The lowest BCUT2D eigenvalue weighted by Crippen LogP contribution is -2.41. The number of fused-ring (bicyclic) bond motifs is 1. The Morgan fingerprint density at radius 1 is 1.09 bits per heavy atom. The highest BCUT2D eigenvalue weighted by molar-refractivity contribution is 6.00. The van der Waals surface area contributed by atoms with Gasteiger partial charge >= 0.3 is 0 Å². The first-order valence-electron chi connectivity index (χ1n) is 12.9. The Balaban J connectivity index is 1.13. The fraction of sp³-hybridized carbons (Fsp3) is 0.448. The van der Waals surface area contributed by atoms with Crippen molar-refractivity contribution in [1.29, 1.82) is 0 Å². The van der Waals surface area contributed by atoms with Gasteiger partial charge in [0, 0.05) is 47.9 Å². The van der Waals surface area contributed by atoms with E-state index in [1.54, 1.807) is 18.2 Å². The minimum atomic E-state index is -0.210. The van der Waals surface area contributed by atoms with Crippen molar-refractivity contribution in [1.82, 2.24) is 14.8 Å². The zero-order valence-corrected chi connectivity index (χ0v) is 20.4. The number of benzene rings is 1. The maximum atomic E-state index is 13.4. The molecule has 3 heterocycles. The van der Waals surface area contributed by atoms with Gasteiger partial charge in [-0.25, -0.2) is 4.39 Å². The predicted octanol–water partition coefficient (Wildman–Crippen LogP) is 5.49. The first-order chi connectivity index (χ1) is 17.0. The summed E-state index contributed by atoms with van der Waals surface area (Å²) in [6.45, 7) is 5.59. The minimum Gasteiger partial charge on any atom is -0.351 e. The number of ketones is 1. The molecule has 1 aromatic carbocycles. The second-order valence-corrected chi connectivity index (χ2v) is 10.2. The number of amides is 1. The van der Waals surface area contributed by atoms with Crippen LogP contribution in [0.15, 0.2) is 60.0 Å². The molecule has 1 unspecified atom stereocenters. The Morgan fingerprint density at radius 2 is 1.91 bits per heavy atom. The SMILES string of the molecule is Cc1ccc2cc(C(=O)N3CCCC3CCN3CCC(C(=O)C4=CC=C(F)CC=C4)CC3)[nH]c2c1. The lowest BCUT2D eigenvalue weighted by molar-refractivity contribution is -0.120. The van der Waals surface area contributed by atoms with Gasteiger partial charge in [0.15, 0.2) is 5.78 Å². The van der Waals surface area contributed by atoms with Crippen molar-refractivity contribution in [3.63, 3.8) is 0 Å². The molecule has 1 aromatic heterocycles. The van der Waals surface area contributed by atoms with Crippen molar-refractivity contribution in [2.24, 2.45) is 5.92 Å². The fourth-order valence-electron chi connectivity index (χ4n) is 5.67. The van der Waals surface area contributed by atoms with Crippen LogP contribution in [0.25, 0.3) is 10.9 Å². The number of carbonyl (C=O) groups excluding carboxylic acids is 2. The molecule has 2 saturated heterocycles. The van der Waals surface area contributed by atoms with Crippen LogP contribution >= 0.6 is 0 Å². The molecular formula is C29H34FN3O2. The average molecular weight is 476 g/mol. The van der Waals surface area contributed by atoms with E-state index in [2.05, 4.69) is 35.0 Å². The van der Waals surface area contributed by atoms with E-state index in [-0.39, 0.29) is 35.9 Å². The molecule has 6 heteroatoms. The number of hydrogen-bond donors (Lipinski definition) is 1. The van der Waals surface area contributed by atoms with Crippen LogP contribution in [-0.2, 0) is 4.79 Å². The quantitative estimate of drug-likeness (QED) is 0.601. The molecule has 0 saturated carbocycles. The Labute approximate surface area is 206 Å². The van der Waals surface area contributed by atoms with Crippen LogP contribution in [-0.4, -0.2) is 58.7 Å². The van der Waals surface area contributed by atoms with Crippen molar-refractivity contribution < 1.29 is 14.0 Å². The summed E-state index contributed by atoms with van der Waals surface area (Å²) in [5.74, 6) is 0.0266. The summed E-state index contributed by atoms with van der Waals surface area (Å²) >= 11 is 0. The van der Waals surface area contributed by atoms with Crippen LogP contribution in [0.1, 0.15) is 54.6 Å². The highest BCUT2D eigenvalue weighted by Crippen LogP contribution is 2.27. The zero-order chi connectivity index (χ0) is 24.4. The first-order valence-corrected chi connectivity index (χ1v) is 12.9. The summed E-state index contributed by atoms with van der Waals surface area (Å²) in [7, 11) is 0. The monoisotopic (exact) mass is 475 g/mol. The minimum absolute atomic E-state index is 0.00640. The number of rotatable bonds is 6. The Morgan fingerprint density at radius 3 is 2.74 bits per heavy atom. The van der Waals surface area contributed by atoms with Crippen LogP contribution in [0, 0.1) is 12.8 Å². The molecule has 5 nitrogen and oxygen atoms in total. The fourth-order valence-corrected chi connectivity index (χ4v) is 5.67. The van der Waals surface area contributed by atoms with Crippen LogP contribution in [0.3, 0.4) is 0 Å². The number of hydrogen-bond acceptors (Lipinski definition) is 3. The van der Waals surface area contributed by atoms with Crippen molar-refractivity contribution in [3.8, 4) is 0 Å². The number of likely N-dealkylation sites (tertiary alicyclic amines) is 2. The van der Waals surface area contributed by atoms with Gasteiger partial charge in [-0.3, -0.25) is 9.59 Å². The van der Waals surface area contributed by atoms with Gasteiger partial charge in [0.2, 0.25) is 0 Å². The van der Waals surface area contributed by atoms with E-state index >= 15 is 0 Å². The number of piperidine rings is 1. The van der Waals surface area contributed by atoms with Crippen LogP contribution < -0.4 is 0 Å². The summed E-state index contributed by atoms with van der Waals surface area (Å²) in [5.41, 5.74) is 3.48. The van der Waals surface area contributed by atoms with Crippen molar-refractivity contribution >= 4 is 22.6 Å². The lowest BCUT2D eigenvalue weighted by Gasteiger charge is -2.33. The van der Waals surface area contributed by atoms with Gasteiger partial charge in [0.05, 0.1) is 0 Å². The maximum absolute atomic E-state index is 13.4. The molecule has 1 atom stereocenters. The summed E-state index contributed by atoms with van der Waals surface area (Å²) in [5, 5.41) is 1.07. The van der Waals surface area contributed by atoms with Crippen molar-refractivity contribution in [3.05, 3.63) is 71.2 Å². The molecule has 0 spiro atoms. The number of aryl methyl sites for hydroxylation is 1. The maximum Gasteiger partial charge on any atom is 0.270 e. The zero-order valence-electron chi connectivity index (χ0n) is 20.4. The van der Waals surface area contributed by atoms with Gasteiger partial charge in [-0.1, -0.05) is 24.3 Å². The number of nitrogens with zero attached hydrogens (tertiary/aromatic N) is 2. The van der Waals surface area contributed by atoms with Crippen LogP contribution in [0.4, 0.5) is 4.39 Å². The predicted molar refractivity (Wildman–Crippen MR) is 137 cm³/mol.